The van der Waals surface area contributed by atoms with Gasteiger partial charge < -0.3 is 10.1 Å². The van der Waals surface area contributed by atoms with Crippen molar-refractivity contribution in [2.24, 2.45) is 0 Å². The van der Waals surface area contributed by atoms with Crippen LogP contribution in [0.4, 0.5) is 18.9 Å². The van der Waals surface area contributed by atoms with Crippen molar-refractivity contribution in [3.8, 4) is 0 Å². The summed E-state index contributed by atoms with van der Waals surface area (Å²) in [6.45, 7) is 0. The van der Waals surface area contributed by atoms with Crippen molar-refractivity contribution in [2.45, 2.75) is 31.2 Å². The van der Waals surface area contributed by atoms with Crippen molar-refractivity contribution in [3.05, 3.63) is 28.8 Å². The first kappa shape index (κ1) is 13.5. The summed E-state index contributed by atoms with van der Waals surface area (Å²) in [6.07, 6.45) is -2.60. The monoisotopic (exact) mass is 279 g/mol. The summed E-state index contributed by atoms with van der Waals surface area (Å²) in [4.78, 5) is 0. The molecule has 0 aromatic heterocycles. The zero-order valence-electron chi connectivity index (χ0n) is 9.72. The summed E-state index contributed by atoms with van der Waals surface area (Å²) in [6, 6.07) is 3.41. The smallest absolute Gasteiger partial charge is 0.381 e. The molecule has 2 rings (SSSR count). The molecule has 0 aliphatic heterocycles. The molecule has 6 heteroatoms. The molecule has 2 nitrogen and oxygen atoms in total. The van der Waals surface area contributed by atoms with E-state index in [1.165, 1.54) is 6.07 Å². The van der Waals surface area contributed by atoms with Crippen LogP contribution in [0.1, 0.15) is 18.4 Å². The highest BCUT2D eigenvalue weighted by Gasteiger charge is 2.32. The molecule has 0 amide bonds. The highest BCUT2D eigenvalue weighted by molar-refractivity contribution is 6.33. The quantitative estimate of drug-likeness (QED) is 0.905. The van der Waals surface area contributed by atoms with Gasteiger partial charge in [0.1, 0.15) is 0 Å². The first-order chi connectivity index (χ1) is 8.40. The van der Waals surface area contributed by atoms with E-state index in [0.717, 1.165) is 25.0 Å². The minimum absolute atomic E-state index is 0.121. The Morgan fingerprint density at radius 2 is 2.00 bits per heavy atom. The van der Waals surface area contributed by atoms with Crippen molar-refractivity contribution in [1.29, 1.82) is 0 Å². The fourth-order valence-corrected chi connectivity index (χ4v) is 2.08. The van der Waals surface area contributed by atoms with Crippen LogP contribution in [0.25, 0.3) is 0 Å². The number of benzene rings is 1. The minimum Gasteiger partial charge on any atom is -0.381 e. The van der Waals surface area contributed by atoms with Gasteiger partial charge in [-0.3, -0.25) is 0 Å². The Labute approximate surface area is 108 Å². The third kappa shape index (κ3) is 2.90. The van der Waals surface area contributed by atoms with Gasteiger partial charge in [0.15, 0.2) is 0 Å². The molecule has 1 aromatic rings. The van der Waals surface area contributed by atoms with Gasteiger partial charge in [0.25, 0.3) is 0 Å². The summed E-state index contributed by atoms with van der Waals surface area (Å²) in [5, 5.41) is 3.31. The maximum absolute atomic E-state index is 12.6. The number of hydrogen-bond donors (Lipinski definition) is 1. The molecule has 0 heterocycles. The molecule has 0 radical (unpaired) electrons. The summed E-state index contributed by atoms with van der Waals surface area (Å²) >= 11 is 5.88. The molecule has 0 unspecified atom stereocenters. The van der Waals surface area contributed by atoms with Crippen LogP contribution in [0.2, 0.25) is 5.02 Å². The lowest BCUT2D eigenvalue weighted by Gasteiger charge is -2.35. The van der Waals surface area contributed by atoms with E-state index in [9.17, 15) is 13.2 Å². The molecule has 0 bridgehead atoms. The van der Waals surface area contributed by atoms with E-state index in [2.05, 4.69) is 5.32 Å². The van der Waals surface area contributed by atoms with E-state index in [0.29, 0.717) is 10.7 Å². The summed E-state index contributed by atoms with van der Waals surface area (Å²) in [7, 11) is 1.62. The van der Waals surface area contributed by atoms with Crippen LogP contribution < -0.4 is 5.32 Å². The number of methoxy groups -OCH3 is 1. The average molecular weight is 280 g/mol. The van der Waals surface area contributed by atoms with Crippen LogP contribution in [-0.2, 0) is 10.9 Å². The second-order valence-electron chi connectivity index (χ2n) is 4.36. The van der Waals surface area contributed by atoms with Gasteiger partial charge in [-0.2, -0.15) is 13.2 Å². The molecule has 18 heavy (non-hydrogen) atoms. The Morgan fingerprint density at radius 3 is 2.56 bits per heavy atom. The molecule has 1 aliphatic carbocycles. The predicted molar refractivity (Wildman–Crippen MR) is 63.9 cm³/mol. The molecule has 1 saturated carbocycles. The van der Waals surface area contributed by atoms with Crippen molar-refractivity contribution in [1.82, 2.24) is 0 Å². The zero-order valence-corrected chi connectivity index (χ0v) is 10.5. The number of nitrogens with one attached hydrogen (secondary N) is 1. The standard InChI is InChI=1S/C12H13ClF3NO/c1-18-9-5-8(6-9)17-11-4-7(12(14,15)16)2-3-10(11)13/h2-4,8-9,17H,5-6H2,1H3. The second-order valence-corrected chi connectivity index (χ2v) is 4.77. The van der Waals surface area contributed by atoms with E-state index in [1.54, 1.807) is 7.11 Å². The highest BCUT2D eigenvalue weighted by atomic mass is 35.5. The maximum Gasteiger partial charge on any atom is 0.416 e. The van der Waals surface area contributed by atoms with Crippen LogP contribution in [0.15, 0.2) is 18.2 Å². The molecule has 100 valence electrons. The van der Waals surface area contributed by atoms with Crippen molar-refractivity contribution in [3.63, 3.8) is 0 Å². The molecular weight excluding hydrogens is 267 g/mol. The van der Waals surface area contributed by atoms with Gasteiger partial charge in [-0.05, 0) is 31.0 Å². The largest absolute Gasteiger partial charge is 0.416 e. The summed E-state index contributed by atoms with van der Waals surface area (Å²) < 4.78 is 42.8. The lowest BCUT2D eigenvalue weighted by Crippen LogP contribution is -2.40. The number of halogens is 4. The first-order valence-corrected chi connectivity index (χ1v) is 5.94. The molecule has 0 saturated heterocycles. The highest BCUT2D eigenvalue weighted by Crippen LogP contribution is 2.35. The van der Waals surface area contributed by atoms with E-state index >= 15 is 0 Å². The normalized spacial score (nSPS) is 23.6. The number of hydrogen-bond acceptors (Lipinski definition) is 2. The second kappa shape index (κ2) is 4.97. The molecule has 0 atom stereocenters. The Kier molecular flexibility index (Phi) is 3.73. The zero-order chi connectivity index (χ0) is 13.3. The van der Waals surface area contributed by atoms with Gasteiger partial charge in [-0.25, -0.2) is 0 Å². The van der Waals surface area contributed by atoms with Gasteiger partial charge in [0.05, 0.1) is 22.4 Å². The maximum atomic E-state index is 12.6. The summed E-state index contributed by atoms with van der Waals surface area (Å²) in [5.41, 5.74) is -0.372. The Hall–Kier alpha value is -0.940. The molecule has 1 aromatic carbocycles. The van der Waals surface area contributed by atoms with Crippen LogP contribution in [0.5, 0.6) is 0 Å². The first-order valence-electron chi connectivity index (χ1n) is 5.56. The third-order valence-corrected chi connectivity index (χ3v) is 3.41. The van der Waals surface area contributed by atoms with Crippen molar-refractivity contribution < 1.29 is 17.9 Å². The van der Waals surface area contributed by atoms with E-state index in [4.69, 9.17) is 16.3 Å². The van der Waals surface area contributed by atoms with Crippen molar-refractivity contribution >= 4 is 17.3 Å². The molecule has 1 fully saturated rings. The van der Waals surface area contributed by atoms with Crippen molar-refractivity contribution in [2.75, 3.05) is 12.4 Å². The minimum atomic E-state index is -4.35. The lowest BCUT2D eigenvalue weighted by molar-refractivity contribution is -0.137. The number of alkyl halides is 3. The van der Waals surface area contributed by atoms with Gasteiger partial charge in [0, 0.05) is 13.2 Å². The summed E-state index contributed by atoms with van der Waals surface area (Å²) in [5.74, 6) is 0. The Bertz CT molecular complexity index is 430. The molecule has 1 N–H and O–H groups in total. The number of anilines is 1. The van der Waals surface area contributed by atoms with Gasteiger partial charge in [-0.15, -0.1) is 0 Å². The van der Waals surface area contributed by atoms with Gasteiger partial charge >= 0.3 is 6.18 Å². The van der Waals surface area contributed by atoms with Crippen LogP contribution >= 0.6 is 11.6 Å². The van der Waals surface area contributed by atoms with Crippen LogP contribution in [0.3, 0.4) is 0 Å². The fourth-order valence-electron chi connectivity index (χ4n) is 1.91. The SMILES string of the molecule is COC1CC(Nc2cc(C(F)(F)F)ccc2Cl)C1. The van der Waals surface area contributed by atoms with E-state index in [1.807, 2.05) is 0 Å². The Balaban J connectivity index is 2.08. The van der Waals surface area contributed by atoms with E-state index < -0.39 is 11.7 Å². The molecule has 1 aliphatic rings. The van der Waals surface area contributed by atoms with Crippen LogP contribution in [0, 0.1) is 0 Å². The lowest BCUT2D eigenvalue weighted by atomic mass is 9.89. The molecular formula is C12H13ClF3NO. The third-order valence-electron chi connectivity index (χ3n) is 3.08. The molecule has 0 spiro atoms. The fraction of sp³-hybridized carbons (Fsp3) is 0.500. The number of rotatable bonds is 3. The van der Waals surface area contributed by atoms with Gasteiger partial charge in [0.2, 0.25) is 0 Å². The topological polar surface area (TPSA) is 21.3 Å². The Morgan fingerprint density at radius 1 is 1.33 bits per heavy atom. The van der Waals surface area contributed by atoms with Crippen LogP contribution in [-0.4, -0.2) is 19.3 Å². The van der Waals surface area contributed by atoms with E-state index in [-0.39, 0.29) is 12.1 Å². The predicted octanol–water partition coefficient (Wildman–Crippen LogP) is 3.95. The van der Waals surface area contributed by atoms with Gasteiger partial charge in [-0.1, -0.05) is 11.6 Å². The average Bonchev–Trinajstić information content (AvgIpc) is 2.23. The number of ether oxygens (including phenoxy) is 1.